The molecule has 6 heteroatoms. The number of nitrogens with zero attached hydrogens (tertiary/aromatic N) is 1. The van der Waals surface area contributed by atoms with Crippen molar-refractivity contribution in [2.75, 3.05) is 11.9 Å². The minimum absolute atomic E-state index is 0.0648. The van der Waals surface area contributed by atoms with E-state index >= 15 is 0 Å². The number of hydrogen-bond donors (Lipinski definition) is 2. The van der Waals surface area contributed by atoms with Crippen LogP contribution in [0.15, 0.2) is 36.7 Å². The molecule has 2 N–H and O–H groups in total. The van der Waals surface area contributed by atoms with Gasteiger partial charge in [0.15, 0.2) is 0 Å². The molecule has 2 heterocycles. The Morgan fingerprint density at radius 3 is 2.79 bits per heavy atom. The predicted molar refractivity (Wildman–Crippen MR) is 74.3 cm³/mol. The molecule has 0 aliphatic carbocycles. The maximum atomic E-state index is 11.7. The summed E-state index contributed by atoms with van der Waals surface area (Å²) in [5.41, 5.74) is 0.605. The van der Waals surface area contributed by atoms with Gasteiger partial charge in [-0.25, -0.2) is 0 Å². The second-order valence-electron chi connectivity index (χ2n) is 3.88. The Morgan fingerprint density at radius 1 is 1.32 bits per heavy atom. The van der Waals surface area contributed by atoms with Crippen LogP contribution in [-0.2, 0) is 4.79 Å². The van der Waals surface area contributed by atoms with E-state index in [9.17, 15) is 9.59 Å². The Balaban J connectivity index is 1.82. The van der Waals surface area contributed by atoms with Crippen LogP contribution in [0.2, 0.25) is 0 Å². The van der Waals surface area contributed by atoms with Crippen molar-refractivity contribution in [2.24, 2.45) is 0 Å². The number of aryl methyl sites for hydroxylation is 1. The summed E-state index contributed by atoms with van der Waals surface area (Å²) < 4.78 is 0. The van der Waals surface area contributed by atoms with Gasteiger partial charge in [-0.2, -0.15) is 0 Å². The second-order valence-corrected chi connectivity index (χ2v) is 5.17. The van der Waals surface area contributed by atoms with E-state index in [2.05, 4.69) is 15.6 Å². The summed E-state index contributed by atoms with van der Waals surface area (Å²) >= 11 is 1.40. The van der Waals surface area contributed by atoms with Crippen LogP contribution >= 0.6 is 11.3 Å². The van der Waals surface area contributed by atoms with Crippen LogP contribution in [-0.4, -0.2) is 23.3 Å². The van der Waals surface area contributed by atoms with E-state index in [1.807, 2.05) is 13.0 Å². The van der Waals surface area contributed by atoms with E-state index in [-0.39, 0.29) is 18.4 Å². The van der Waals surface area contributed by atoms with Gasteiger partial charge in [0.1, 0.15) is 0 Å². The molecule has 0 saturated carbocycles. The first-order chi connectivity index (χ1) is 9.15. The summed E-state index contributed by atoms with van der Waals surface area (Å²) in [6.45, 7) is 1.86. The number of anilines is 1. The molecule has 5 nitrogen and oxygen atoms in total. The van der Waals surface area contributed by atoms with Crippen LogP contribution in [0.25, 0.3) is 0 Å². The quantitative estimate of drug-likeness (QED) is 0.894. The first kappa shape index (κ1) is 13.2. The lowest BCUT2D eigenvalue weighted by Crippen LogP contribution is -2.32. The Kier molecular flexibility index (Phi) is 4.25. The Bertz CT molecular complexity index is 581. The number of aromatic nitrogens is 1. The van der Waals surface area contributed by atoms with Gasteiger partial charge in [-0.3, -0.25) is 14.6 Å². The number of pyridine rings is 1. The minimum atomic E-state index is -0.283. The Morgan fingerprint density at radius 2 is 2.16 bits per heavy atom. The van der Waals surface area contributed by atoms with Crippen molar-refractivity contribution >= 4 is 28.8 Å². The molecule has 2 aromatic rings. The van der Waals surface area contributed by atoms with Gasteiger partial charge in [0.25, 0.3) is 5.91 Å². The molecule has 0 saturated heterocycles. The van der Waals surface area contributed by atoms with Gasteiger partial charge in [-0.1, -0.05) is 0 Å². The second kappa shape index (κ2) is 6.10. The summed E-state index contributed by atoms with van der Waals surface area (Å²) in [7, 11) is 0. The lowest BCUT2D eigenvalue weighted by molar-refractivity contribution is -0.115. The number of amides is 2. The molecule has 98 valence electrons. The van der Waals surface area contributed by atoms with Gasteiger partial charge < -0.3 is 10.6 Å². The predicted octanol–water partition coefficient (Wildman–Crippen LogP) is 1.82. The lowest BCUT2D eigenvalue weighted by Gasteiger charge is -2.05. The number of hydrogen-bond acceptors (Lipinski definition) is 4. The molecule has 0 aliphatic rings. The molecule has 0 atom stereocenters. The molecule has 2 rings (SSSR count). The van der Waals surface area contributed by atoms with Crippen molar-refractivity contribution in [2.45, 2.75) is 6.92 Å². The third-order valence-electron chi connectivity index (χ3n) is 2.32. The molecular formula is C13H13N3O2S. The normalized spacial score (nSPS) is 9.95. The SMILES string of the molecule is Cc1ccc(C(=O)NCC(=O)Nc2cccnc2)s1. The highest BCUT2D eigenvalue weighted by molar-refractivity contribution is 7.13. The smallest absolute Gasteiger partial charge is 0.261 e. The maximum Gasteiger partial charge on any atom is 0.261 e. The van der Waals surface area contributed by atoms with Crippen molar-refractivity contribution < 1.29 is 9.59 Å². The summed E-state index contributed by atoms with van der Waals surface area (Å²) in [6, 6.07) is 7.07. The third kappa shape index (κ3) is 3.89. The largest absolute Gasteiger partial charge is 0.342 e. The molecule has 0 aromatic carbocycles. The highest BCUT2D eigenvalue weighted by atomic mass is 32.1. The first-order valence-electron chi connectivity index (χ1n) is 5.69. The maximum absolute atomic E-state index is 11.7. The van der Waals surface area contributed by atoms with Crippen molar-refractivity contribution in [3.8, 4) is 0 Å². The van der Waals surface area contributed by atoms with Gasteiger partial charge in [0, 0.05) is 11.1 Å². The topological polar surface area (TPSA) is 71.1 Å². The number of carbonyl (C=O) groups is 2. The fourth-order valence-corrected chi connectivity index (χ4v) is 2.23. The van der Waals surface area contributed by atoms with E-state index < -0.39 is 0 Å². The molecule has 0 fully saturated rings. The number of nitrogens with one attached hydrogen (secondary N) is 2. The van der Waals surface area contributed by atoms with Gasteiger partial charge in [0.2, 0.25) is 5.91 Å². The monoisotopic (exact) mass is 275 g/mol. The summed E-state index contributed by atoms with van der Waals surface area (Å²) in [6.07, 6.45) is 3.17. The van der Waals surface area contributed by atoms with Crippen LogP contribution < -0.4 is 10.6 Å². The Hall–Kier alpha value is -2.21. The van der Waals surface area contributed by atoms with E-state index in [1.54, 1.807) is 30.6 Å². The molecule has 19 heavy (non-hydrogen) atoms. The third-order valence-corrected chi connectivity index (χ3v) is 3.32. The van der Waals surface area contributed by atoms with E-state index in [1.165, 1.54) is 11.3 Å². The fourth-order valence-electron chi connectivity index (χ4n) is 1.45. The number of carbonyl (C=O) groups excluding carboxylic acids is 2. The molecule has 0 unspecified atom stereocenters. The number of thiophene rings is 1. The van der Waals surface area contributed by atoms with Gasteiger partial charge in [-0.05, 0) is 31.2 Å². The molecule has 2 aromatic heterocycles. The van der Waals surface area contributed by atoms with Crippen LogP contribution in [0.3, 0.4) is 0 Å². The van der Waals surface area contributed by atoms with Gasteiger partial charge >= 0.3 is 0 Å². The fraction of sp³-hybridized carbons (Fsp3) is 0.154. The van der Waals surface area contributed by atoms with Crippen molar-refractivity contribution in [3.05, 3.63) is 46.4 Å². The zero-order chi connectivity index (χ0) is 13.7. The molecule has 0 bridgehead atoms. The summed E-state index contributed by atoms with van der Waals surface area (Å²) in [5.74, 6) is -0.519. The molecular weight excluding hydrogens is 262 g/mol. The summed E-state index contributed by atoms with van der Waals surface area (Å²) in [5, 5.41) is 5.21. The van der Waals surface area contributed by atoms with Gasteiger partial charge in [-0.15, -0.1) is 11.3 Å². The highest BCUT2D eigenvalue weighted by Gasteiger charge is 2.09. The zero-order valence-corrected chi connectivity index (χ0v) is 11.2. The van der Waals surface area contributed by atoms with Gasteiger partial charge in [0.05, 0.1) is 23.3 Å². The van der Waals surface area contributed by atoms with Crippen molar-refractivity contribution in [1.82, 2.24) is 10.3 Å². The average Bonchev–Trinajstić information content (AvgIpc) is 2.84. The molecule has 0 spiro atoms. The van der Waals surface area contributed by atoms with Crippen LogP contribution in [0, 0.1) is 6.92 Å². The standard InChI is InChI=1S/C13H13N3O2S/c1-9-4-5-11(19-9)13(18)15-8-12(17)16-10-3-2-6-14-7-10/h2-7H,8H2,1H3,(H,15,18)(H,16,17). The molecule has 0 aliphatic heterocycles. The van der Waals surface area contributed by atoms with E-state index in [4.69, 9.17) is 0 Å². The first-order valence-corrected chi connectivity index (χ1v) is 6.51. The van der Waals surface area contributed by atoms with E-state index in [0.717, 1.165) is 4.88 Å². The van der Waals surface area contributed by atoms with Crippen molar-refractivity contribution in [3.63, 3.8) is 0 Å². The average molecular weight is 275 g/mol. The highest BCUT2D eigenvalue weighted by Crippen LogP contribution is 2.14. The minimum Gasteiger partial charge on any atom is -0.342 e. The Labute approximate surface area is 114 Å². The summed E-state index contributed by atoms with van der Waals surface area (Å²) in [4.78, 5) is 28.9. The molecule has 2 amide bonds. The van der Waals surface area contributed by atoms with E-state index in [0.29, 0.717) is 10.6 Å². The van der Waals surface area contributed by atoms with Crippen LogP contribution in [0.5, 0.6) is 0 Å². The van der Waals surface area contributed by atoms with Crippen LogP contribution in [0.1, 0.15) is 14.5 Å². The zero-order valence-electron chi connectivity index (χ0n) is 10.3. The lowest BCUT2D eigenvalue weighted by atomic mass is 10.4. The van der Waals surface area contributed by atoms with Crippen molar-refractivity contribution in [1.29, 1.82) is 0 Å². The number of rotatable bonds is 4. The van der Waals surface area contributed by atoms with Crippen LogP contribution in [0.4, 0.5) is 5.69 Å². The molecule has 0 radical (unpaired) electrons.